The summed E-state index contributed by atoms with van der Waals surface area (Å²) in [6.45, 7) is 4.10. The van der Waals surface area contributed by atoms with E-state index in [1.54, 1.807) is 10.6 Å². The lowest BCUT2D eigenvalue weighted by Crippen LogP contribution is -2.36. The summed E-state index contributed by atoms with van der Waals surface area (Å²) in [4.78, 5) is 35.6. The summed E-state index contributed by atoms with van der Waals surface area (Å²) >= 11 is 9.04. The third-order valence-electron chi connectivity index (χ3n) is 6.28. The number of hydrazine groups is 1. The van der Waals surface area contributed by atoms with Gasteiger partial charge in [-0.25, -0.2) is 10.0 Å². The minimum Gasteiger partial charge on any atom is -0.337 e. The summed E-state index contributed by atoms with van der Waals surface area (Å²) in [6.07, 6.45) is 1.66. The molecular formula is C29H22ClN5O2S2. The van der Waals surface area contributed by atoms with Gasteiger partial charge < -0.3 is 4.90 Å². The number of carbonyl (C=O) groups excluding carboxylic acids is 1. The van der Waals surface area contributed by atoms with E-state index in [2.05, 4.69) is 12.0 Å². The molecule has 1 saturated heterocycles. The Kier molecular flexibility index (Phi) is 6.64. The number of benzene rings is 3. The van der Waals surface area contributed by atoms with E-state index in [0.29, 0.717) is 37.0 Å². The maximum absolute atomic E-state index is 14.0. The molecule has 10 heteroatoms. The van der Waals surface area contributed by atoms with Gasteiger partial charge in [0.05, 0.1) is 17.1 Å². The normalized spacial score (nSPS) is 18.5. The highest BCUT2D eigenvalue weighted by Crippen LogP contribution is 2.46. The smallest absolute Gasteiger partial charge is 0.283 e. The minimum atomic E-state index is -0.297. The van der Waals surface area contributed by atoms with Crippen LogP contribution in [0.5, 0.6) is 0 Å². The number of thioether (sulfide) groups is 1. The van der Waals surface area contributed by atoms with Gasteiger partial charge >= 0.3 is 0 Å². The van der Waals surface area contributed by atoms with Gasteiger partial charge in [0.2, 0.25) is 0 Å². The van der Waals surface area contributed by atoms with E-state index in [-0.39, 0.29) is 18.0 Å². The van der Waals surface area contributed by atoms with Crippen LogP contribution in [0.3, 0.4) is 0 Å². The standard InChI is InChI=1S/C29H22ClN5O2S2/c1-3-16-34-27(37)24(29-33(2)21-17-18(30)14-15-22(21)38-29)39-28(34)23-25(31-19-10-6-4-7-11-19)32-35(26(23)36)20-12-8-5-9-13-20/h3-15,17H,1,16H2,2H3,(H,31,32)/b28-23?,29-24-. The third-order valence-corrected chi connectivity index (χ3v) is 9.07. The average Bonchev–Trinajstić information content (AvgIpc) is 3.56. The molecule has 0 aliphatic carbocycles. The summed E-state index contributed by atoms with van der Waals surface area (Å²) in [5.74, 6) is 0.0714. The van der Waals surface area contributed by atoms with Gasteiger partial charge in [0.15, 0.2) is 5.84 Å². The molecular weight excluding hydrogens is 550 g/mol. The van der Waals surface area contributed by atoms with Crippen LogP contribution in [-0.2, 0) is 11.3 Å². The average molecular weight is 572 g/mol. The number of halogens is 1. The number of hydrogen-bond donors (Lipinski definition) is 1. The van der Waals surface area contributed by atoms with E-state index in [0.717, 1.165) is 15.6 Å². The summed E-state index contributed by atoms with van der Waals surface area (Å²) in [7, 11) is 1.91. The van der Waals surface area contributed by atoms with Gasteiger partial charge in [0.25, 0.3) is 11.5 Å². The second kappa shape index (κ2) is 10.3. The van der Waals surface area contributed by atoms with E-state index in [9.17, 15) is 9.59 Å². The van der Waals surface area contributed by atoms with Crippen molar-refractivity contribution in [3.63, 3.8) is 0 Å². The van der Waals surface area contributed by atoms with Crippen LogP contribution in [0, 0.1) is 0 Å². The number of para-hydroxylation sites is 2. The molecule has 2 aliphatic heterocycles. The molecule has 4 aromatic rings. The Morgan fingerprint density at radius 3 is 2.46 bits per heavy atom. The van der Waals surface area contributed by atoms with Gasteiger partial charge in [0, 0.05) is 23.5 Å². The Balaban J connectivity index is 1.62. The number of hydrogen-bond acceptors (Lipinski definition) is 6. The molecule has 3 aromatic carbocycles. The zero-order chi connectivity index (χ0) is 27.1. The molecule has 0 bridgehead atoms. The number of aromatic nitrogens is 1. The van der Waals surface area contributed by atoms with Gasteiger partial charge in [-0.1, -0.05) is 65.8 Å². The first kappa shape index (κ1) is 25.2. The van der Waals surface area contributed by atoms with Crippen molar-refractivity contribution >= 4 is 74.1 Å². The minimum absolute atomic E-state index is 0.194. The first-order chi connectivity index (χ1) is 19.0. The molecule has 2 aliphatic rings. The summed E-state index contributed by atoms with van der Waals surface area (Å²) < 4.78 is 2.63. The highest BCUT2D eigenvalue weighted by Gasteiger charge is 2.36. The number of thiazole rings is 1. The Morgan fingerprint density at radius 1 is 1.03 bits per heavy atom. The predicted octanol–water partition coefficient (Wildman–Crippen LogP) is 4.49. The number of nitrogens with one attached hydrogen (secondary N) is 1. The lowest BCUT2D eigenvalue weighted by Gasteiger charge is -2.14. The molecule has 6 rings (SSSR count). The van der Waals surface area contributed by atoms with Gasteiger partial charge in [-0.05, 0) is 42.5 Å². The van der Waals surface area contributed by atoms with Crippen molar-refractivity contribution in [3.8, 4) is 0 Å². The first-order valence-corrected chi connectivity index (χ1v) is 14.1. The SMILES string of the molecule is C=CCn1c(=C2C(=O)N(c3ccccc3)NC2=Nc2ccccc2)s/c(=C2\Sc3ccc(Cl)cc3N2C)c1=O. The fourth-order valence-corrected chi connectivity index (χ4v) is 7.08. The van der Waals surface area contributed by atoms with Crippen LogP contribution in [-0.4, -0.2) is 23.4 Å². The van der Waals surface area contributed by atoms with Crippen molar-refractivity contribution in [1.29, 1.82) is 0 Å². The van der Waals surface area contributed by atoms with Crippen molar-refractivity contribution in [1.82, 2.24) is 9.99 Å². The van der Waals surface area contributed by atoms with Crippen LogP contribution in [0.4, 0.5) is 17.1 Å². The summed E-state index contributed by atoms with van der Waals surface area (Å²) in [6, 6.07) is 24.4. The molecule has 1 fully saturated rings. The molecule has 3 heterocycles. The van der Waals surface area contributed by atoms with Crippen LogP contribution >= 0.6 is 34.7 Å². The van der Waals surface area contributed by atoms with Crippen molar-refractivity contribution in [3.05, 3.63) is 116 Å². The third kappa shape index (κ3) is 4.48. The topological polar surface area (TPSA) is 69.9 Å². The molecule has 1 aromatic heterocycles. The van der Waals surface area contributed by atoms with Crippen molar-refractivity contribution in [2.75, 3.05) is 17.0 Å². The Morgan fingerprint density at radius 2 is 1.74 bits per heavy atom. The zero-order valence-electron chi connectivity index (χ0n) is 20.8. The number of fused-ring (bicyclic) bond motifs is 1. The summed E-state index contributed by atoms with van der Waals surface area (Å²) in [5, 5.41) is 2.87. The second-order valence-corrected chi connectivity index (χ2v) is 11.2. The molecule has 39 heavy (non-hydrogen) atoms. The number of amidine groups is 1. The maximum Gasteiger partial charge on any atom is 0.283 e. The highest BCUT2D eigenvalue weighted by atomic mass is 35.5. The molecule has 0 unspecified atom stereocenters. The molecule has 0 saturated carbocycles. The molecule has 7 nitrogen and oxygen atoms in total. The van der Waals surface area contributed by atoms with Crippen LogP contribution in [0.15, 0.2) is 106 Å². The number of carbonyl (C=O) groups is 1. The Hall–Kier alpha value is -4.05. The number of nitrogens with zero attached hydrogens (tertiary/aromatic N) is 4. The monoisotopic (exact) mass is 571 g/mol. The van der Waals surface area contributed by atoms with Gasteiger partial charge in [0.1, 0.15) is 19.8 Å². The van der Waals surface area contributed by atoms with E-state index >= 15 is 0 Å². The van der Waals surface area contributed by atoms with Crippen molar-refractivity contribution in [2.24, 2.45) is 4.99 Å². The number of anilines is 2. The predicted molar refractivity (Wildman–Crippen MR) is 161 cm³/mol. The number of aliphatic imine (C=N–C) groups is 1. The highest BCUT2D eigenvalue weighted by molar-refractivity contribution is 8.08. The van der Waals surface area contributed by atoms with Gasteiger partial charge in [-0.15, -0.1) is 17.9 Å². The van der Waals surface area contributed by atoms with E-state index in [4.69, 9.17) is 16.6 Å². The fraction of sp³-hybridized carbons (Fsp3) is 0.0690. The number of amides is 1. The van der Waals surface area contributed by atoms with E-state index in [1.165, 1.54) is 28.1 Å². The lowest BCUT2D eigenvalue weighted by molar-refractivity contribution is -0.113. The number of allylic oxidation sites excluding steroid dienone is 1. The quantitative estimate of drug-likeness (QED) is 0.366. The van der Waals surface area contributed by atoms with Crippen LogP contribution in [0.1, 0.15) is 0 Å². The molecule has 0 spiro atoms. The van der Waals surface area contributed by atoms with E-state index in [1.807, 2.05) is 90.8 Å². The largest absolute Gasteiger partial charge is 0.337 e. The van der Waals surface area contributed by atoms with Crippen LogP contribution < -0.4 is 30.1 Å². The van der Waals surface area contributed by atoms with E-state index < -0.39 is 0 Å². The molecule has 1 N–H and O–H groups in total. The number of rotatable bonds is 4. The molecule has 0 atom stereocenters. The zero-order valence-corrected chi connectivity index (χ0v) is 23.2. The second-order valence-electron chi connectivity index (χ2n) is 8.78. The fourth-order valence-electron chi connectivity index (χ4n) is 4.44. The molecule has 194 valence electrons. The Bertz CT molecular complexity index is 1830. The Labute approximate surface area is 237 Å². The molecule has 0 radical (unpaired) electrons. The van der Waals surface area contributed by atoms with Crippen LogP contribution in [0.25, 0.3) is 10.6 Å². The van der Waals surface area contributed by atoms with Gasteiger partial charge in [-0.3, -0.25) is 19.6 Å². The van der Waals surface area contributed by atoms with Crippen molar-refractivity contribution < 1.29 is 4.79 Å². The first-order valence-electron chi connectivity index (χ1n) is 12.1. The molecule has 1 amide bonds. The van der Waals surface area contributed by atoms with Gasteiger partial charge in [-0.2, -0.15) is 0 Å². The summed E-state index contributed by atoms with van der Waals surface area (Å²) in [5.41, 5.74) is 5.59. The lowest BCUT2D eigenvalue weighted by atomic mass is 10.2. The van der Waals surface area contributed by atoms with Crippen molar-refractivity contribution in [2.45, 2.75) is 11.4 Å². The maximum atomic E-state index is 14.0. The van der Waals surface area contributed by atoms with Crippen LogP contribution in [0.2, 0.25) is 5.02 Å².